The van der Waals surface area contributed by atoms with Gasteiger partial charge in [0.2, 0.25) is 0 Å². The lowest BCUT2D eigenvalue weighted by Crippen LogP contribution is -2.29. The second-order valence-corrected chi connectivity index (χ2v) is 4.48. The molecule has 0 aliphatic carbocycles. The normalized spacial score (nSPS) is 11.8. The standard InChI is InChI=1S/C11H14ClFO2/c1-11(6-14,7-15)5-8-2-3-9(12)4-10(8)13/h2-4,14-15H,5-7H2,1H3. The smallest absolute Gasteiger partial charge is 0.127 e. The summed E-state index contributed by atoms with van der Waals surface area (Å²) in [6.07, 6.45) is 0.281. The molecule has 1 aromatic rings. The van der Waals surface area contributed by atoms with E-state index in [1.54, 1.807) is 19.1 Å². The van der Waals surface area contributed by atoms with Gasteiger partial charge in [-0.1, -0.05) is 24.6 Å². The van der Waals surface area contributed by atoms with Crippen LogP contribution in [-0.2, 0) is 6.42 Å². The summed E-state index contributed by atoms with van der Waals surface area (Å²) in [7, 11) is 0. The zero-order valence-corrected chi connectivity index (χ0v) is 9.26. The number of aliphatic hydroxyl groups is 2. The molecule has 0 saturated carbocycles. The average molecular weight is 233 g/mol. The van der Waals surface area contributed by atoms with E-state index < -0.39 is 11.2 Å². The summed E-state index contributed by atoms with van der Waals surface area (Å²) >= 11 is 5.62. The van der Waals surface area contributed by atoms with Gasteiger partial charge in [0.1, 0.15) is 5.82 Å². The van der Waals surface area contributed by atoms with Crippen molar-refractivity contribution in [2.45, 2.75) is 13.3 Å². The molecule has 0 saturated heterocycles. The van der Waals surface area contributed by atoms with Gasteiger partial charge in [-0.2, -0.15) is 0 Å². The van der Waals surface area contributed by atoms with Crippen molar-refractivity contribution in [1.29, 1.82) is 0 Å². The fourth-order valence-electron chi connectivity index (χ4n) is 1.29. The first-order valence-corrected chi connectivity index (χ1v) is 5.04. The van der Waals surface area contributed by atoms with Gasteiger partial charge in [0.25, 0.3) is 0 Å². The molecule has 1 rings (SSSR count). The molecular weight excluding hydrogens is 219 g/mol. The molecule has 0 radical (unpaired) electrons. The summed E-state index contributed by atoms with van der Waals surface area (Å²) in [6, 6.07) is 4.39. The van der Waals surface area contributed by atoms with Gasteiger partial charge < -0.3 is 10.2 Å². The Labute approximate surface area is 93.3 Å². The minimum atomic E-state index is -0.700. The van der Waals surface area contributed by atoms with E-state index in [0.717, 1.165) is 0 Å². The molecule has 0 atom stereocenters. The highest BCUT2D eigenvalue weighted by molar-refractivity contribution is 6.30. The fourth-order valence-corrected chi connectivity index (χ4v) is 1.45. The lowest BCUT2D eigenvalue weighted by atomic mass is 9.85. The Hall–Kier alpha value is -0.640. The first-order chi connectivity index (χ1) is 7.00. The van der Waals surface area contributed by atoms with Gasteiger partial charge in [-0.3, -0.25) is 0 Å². The molecule has 15 heavy (non-hydrogen) atoms. The lowest BCUT2D eigenvalue weighted by molar-refractivity contribution is 0.0697. The monoisotopic (exact) mass is 232 g/mol. The zero-order valence-electron chi connectivity index (χ0n) is 8.50. The molecule has 84 valence electrons. The van der Waals surface area contributed by atoms with Crippen LogP contribution in [0.4, 0.5) is 4.39 Å². The van der Waals surface area contributed by atoms with Gasteiger partial charge in [-0.05, 0) is 24.1 Å². The molecular formula is C11H14ClFO2. The van der Waals surface area contributed by atoms with E-state index in [0.29, 0.717) is 10.6 Å². The number of rotatable bonds is 4. The second kappa shape index (κ2) is 4.92. The van der Waals surface area contributed by atoms with Crippen LogP contribution in [0, 0.1) is 11.2 Å². The highest BCUT2D eigenvalue weighted by atomic mass is 35.5. The fraction of sp³-hybridized carbons (Fsp3) is 0.455. The van der Waals surface area contributed by atoms with E-state index in [4.69, 9.17) is 21.8 Å². The maximum Gasteiger partial charge on any atom is 0.127 e. The number of aliphatic hydroxyl groups excluding tert-OH is 2. The van der Waals surface area contributed by atoms with E-state index in [2.05, 4.69) is 0 Å². The predicted molar refractivity (Wildman–Crippen MR) is 57.4 cm³/mol. The third-order valence-electron chi connectivity index (χ3n) is 2.40. The summed E-state index contributed by atoms with van der Waals surface area (Å²) in [5.74, 6) is -0.407. The van der Waals surface area contributed by atoms with E-state index in [1.807, 2.05) is 0 Å². The van der Waals surface area contributed by atoms with E-state index >= 15 is 0 Å². The molecule has 1 aromatic carbocycles. The van der Waals surface area contributed by atoms with Crippen molar-refractivity contribution in [1.82, 2.24) is 0 Å². The van der Waals surface area contributed by atoms with Crippen LogP contribution in [0.2, 0.25) is 5.02 Å². The van der Waals surface area contributed by atoms with Gasteiger partial charge >= 0.3 is 0 Å². The molecule has 0 bridgehead atoms. The van der Waals surface area contributed by atoms with Crippen LogP contribution in [0.15, 0.2) is 18.2 Å². The van der Waals surface area contributed by atoms with Crippen LogP contribution in [0.1, 0.15) is 12.5 Å². The quantitative estimate of drug-likeness (QED) is 0.834. The summed E-state index contributed by atoms with van der Waals surface area (Å²) in [4.78, 5) is 0. The van der Waals surface area contributed by atoms with Crippen molar-refractivity contribution in [2.24, 2.45) is 5.41 Å². The molecule has 0 fully saturated rings. The van der Waals surface area contributed by atoms with Gasteiger partial charge in [-0.15, -0.1) is 0 Å². The minimum Gasteiger partial charge on any atom is -0.396 e. The SMILES string of the molecule is CC(CO)(CO)Cc1ccc(Cl)cc1F. The number of benzene rings is 1. The Kier molecular flexibility index (Phi) is 4.08. The van der Waals surface area contributed by atoms with Crippen molar-refractivity contribution in [2.75, 3.05) is 13.2 Å². The Bertz CT molecular complexity index is 337. The molecule has 0 aliphatic heterocycles. The van der Waals surface area contributed by atoms with Gasteiger partial charge in [0.15, 0.2) is 0 Å². The lowest BCUT2D eigenvalue weighted by Gasteiger charge is -2.24. The topological polar surface area (TPSA) is 40.5 Å². The molecule has 0 spiro atoms. The van der Waals surface area contributed by atoms with Gasteiger partial charge in [0, 0.05) is 10.4 Å². The first kappa shape index (κ1) is 12.4. The van der Waals surface area contributed by atoms with Crippen LogP contribution in [0.5, 0.6) is 0 Å². The van der Waals surface area contributed by atoms with Gasteiger partial charge in [-0.25, -0.2) is 4.39 Å². The number of hydrogen-bond donors (Lipinski definition) is 2. The molecule has 4 heteroatoms. The summed E-state index contributed by atoms with van der Waals surface area (Å²) in [5.41, 5.74) is -0.251. The van der Waals surface area contributed by atoms with Crippen molar-refractivity contribution in [3.05, 3.63) is 34.6 Å². The predicted octanol–water partition coefficient (Wildman–Crippen LogP) is 2.01. The summed E-state index contributed by atoms with van der Waals surface area (Å²) < 4.78 is 13.4. The molecule has 0 aliphatic rings. The zero-order chi connectivity index (χ0) is 11.5. The second-order valence-electron chi connectivity index (χ2n) is 4.04. The van der Waals surface area contributed by atoms with Crippen molar-refractivity contribution in [3.63, 3.8) is 0 Å². The average Bonchev–Trinajstić information content (AvgIpc) is 2.22. The highest BCUT2D eigenvalue weighted by Gasteiger charge is 2.24. The highest BCUT2D eigenvalue weighted by Crippen LogP contribution is 2.24. The summed E-state index contributed by atoms with van der Waals surface area (Å²) in [6.45, 7) is 1.32. The molecule has 0 unspecified atom stereocenters. The number of hydrogen-bond acceptors (Lipinski definition) is 2. The maximum atomic E-state index is 13.4. The number of halogens is 2. The maximum absolute atomic E-state index is 13.4. The summed E-state index contributed by atoms with van der Waals surface area (Å²) in [5, 5.41) is 18.5. The Morgan fingerprint density at radius 2 is 1.93 bits per heavy atom. The third-order valence-corrected chi connectivity index (χ3v) is 2.63. The van der Waals surface area contributed by atoms with E-state index in [9.17, 15) is 4.39 Å². The first-order valence-electron chi connectivity index (χ1n) is 4.66. The molecule has 2 nitrogen and oxygen atoms in total. The van der Waals surface area contributed by atoms with Gasteiger partial charge in [0.05, 0.1) is 13.2 Å². The van der Waals surface area contributed by atoms with Crippen molar-refractivity contribution in [3.8, 4) is 0 Å². The largest absolute Gasteiger partial charge is 0.396 e. The molecule has 0 heterocycles. The Morgan fingerprint density at radius 1 is 1.33 bits per heavy atom. The van der Waals surface area contributed by atoms with E-state index in [-0.39, 0.29) is 19.6 Å². The molecule has 0 aromatic heterocycles. The minimum absolute atomic E-state index is 0.189. The van der Waals surface area contributed by atoms with Crippen LogP contribution >= 0.6 is 11.6 Å². The molecule has 0 amide bonds. The molecule has 2 N–H and O–H groups in total. The Morgan fingerprint density at radius 3 is 2.40 bits per heavy atom. The van der Waals surface area contributed by atoms with Crippen LogP contribution in [0.3, 0.4) is 0 Å². The third kappa shape index (κ3) is 3.16. The van der Waals surface area contributed by atoms with Crippen LogP contribution in [0.25, 0.3) is 0 Å². The van der Waals surface area contributed by atoms with Crippen molar-refractivity contribution < 1.29 is 14.6 Å². The Balaban J connectivity index is 2.89. The van der Waals surface area contributed by atoms with Crippen LogP contribution < -0.4 is 0 Å². The van der Waals surface area contributed by atoms with E-state index in [1.165, 1.54) is 6.07 Å². The van der Waals surface area contributed by atoms with Crippen LogP contribution in [-0.4, -0.2) is 23.4 Å². The van der Waals surface area contributed by atoms with Crippen molar-refractivity contribution >= 4 is 11.6 Å².